The van der Waals surface area contributed by atoms with Gasteiger partial charge in [-0.2, -0.15) is 5.23 Å². The molecule has 10 N–H and O–H groups in total. The van der Waals surface area contributed by atoms with Crippen LogP contribution in [0.2, 0.25) is 0 Å². The van der Waals surface area contributed by atoms with Gasteiger partial charge in [-0.3, -0.25) is 28.8 Å². The Balaban J connectivity index is 1.72. The lowest BCUT2D eigenvalue weighted by molar-refractivity contribution is -0.991. The van der Waals surface area contributed by atoms with Gasteiger partial charge in [-0.25, -0.2) is 10.0 Å². The number of nitrogens with zero attached hydrogens (tertiary/aromatic N) is 2. The number of aliphatic hydroxyl groups is 1. The van der Waals surface area contributed by atoms with Gasteiger partial charge in [0.25, 0.3) is 0 Å². The van der Waals surface area contributed by atoms with Crippen LogP contribution in [0.5, 0.6) is 11.5 Å². The molecule has 0 fully saturated rings. The fourth-order valence-electron chi connectivity index (χ4n) is 7.34. The summed E-state index contributed by atoms with van der Waals surface area (Å²) in [5.74, 6) is -6.76. The summed E-state index contributed by atoms with van der Waals surface area (Å²) in [6.07, 6.45) is 9.34. The summed E-state index contributed by atoms with van der Waals surface area (Å²) < 4.78 is 0. The zero-order valence-electron chi connectivity index (χ0n) is 37.4. The number of hydrogen-bond donors (Lipinski definition) is 10. The average Bonchev–Trinajstić information content (AvgIpc) is 3.23. The number of fused-ring (bicyclic) bond motifs is 5. The predicted octanol–water partition coefficient (Wildman–Crippen LogP) is 1.30. The van der Waals surface area contributed by atoms with Crippen LogP contribution in [0.15, 0.2) is 30.3 Å². The Hall–Kier alpha value is -5.83. The lowest BCUT2D eigenvalue weighted by Gasteiger charge is -2.30. The number of aliphatic carboxylic acids is 1. The van der Waals surface area contributed by atoms with Gasteiger partial charge in [0, 0.05) is 44.1 Å². The molecule has 0 saturated carbocycles. The molecular weight excluding hydrogens is 835 g/mol. The fraction of sp³-hybridized carbons (Fsp3) is 0.568. The van der Waals surface area contributed by atoms with Gasteiger partial charge in [-0.05, 0) is 55.5 Å². The number of carbonyl (C=O) groups excluding carboxylic acids is 6. The monoisotopic (exact) mass is 899 g/mol. The highest BCUT2D eigenvalue weighted by atomic mass is 16.8. The van der Waals surface area contributed by atoms with Crippen molar-refractivity contribution in [1.82, 2.24) is 31.1 Å². The van der Waals surface area contributed by atoms with E-state index in [2.05, 4.69) is 35.1 Å². The molecule has 1 aliphatic rings. The molecule has 64 heavy (non-hydrogen) atoms. The van der Waals surface area contributed by atoms with Crippen LogP contribution in [0.1, 0.15) is 109 Å². The number of hydrogen-bond acceptors (Lipinski definition) is 12. The van der Waals surface area contributed by atoms with E-state index < -0.39 is 108 Å². The first-order chi connectivity index (χ1) is 30.2. The van der Waals surface area contributed by atoms with Crippen molar-refractivity contribution < 1.29 is 64.4 Å². The first kappa shape index (κ1) is 52.5. The normalized spacial score (nSPS) is 17.8. The standard InChI is InChI=1S/C44H65N7O13/c1-25(2)15-13-11-9-7-8-10-12-14-16-36(54)49(5)34(24-52)42(59)46-26(3)40(57)45-23-37(55)50(6)38-29-17-18-35(53)30(22-29)31-19-28(21-33(39(31)56)51(63)64)20-32(44(61)62)48-41(58)27(4)47-43(38)60/h17-19,21-22,25-27,32,34,38,51-53,56,63H,7-16,20,23-24H2,1-6H3,(H,45,57)(H,46,59)(H,47,60)(H,48,58)(H,61,62)/t26-,27+,32+,34-,38-/m1/s1. The zero-order chi connectivity index (χ0) is 47.8. The molecule has 4 bridgehead atoms. The molecule has 2 aromatic carbocycles. The van der Waals surface area contributed by atoms with Crippen molar-refractivity contribution >= 4 is 47.1 Å². The average molecular weight is 900 g/mol. The lowest BCUT2D eigenvalue weighted by Crippen LogP contribution is -2.99. The lowest BCUT2D eigenvalue weighted by atomic mass is 9.93. The number of rotatable bonds is 21. The van der Waals surface area contributed by atoms with Crippen molar-refractivity contribution in [2.24, 2.45) is 5.92 Å². The Bertz CT molecular complexity index is 1980. The van der Waals surface area contributed by atoms with Crippen molar-refractivity contribution in [3.8, 4) is 22.6 Å². The summed E-state index contributed by atoms with van der Waals surface area (Å²) >= 11 is 0. The molecule has 6 atom stereocenters. The van der Waals surface area contributed by atoms with Crippen LogP contribution in [0.3, 0.4) is 0 Å². The minimum absolute atomic E-state index is 0.0134. The second-order valence-electron chi connectivity index (χ2n) is 16.8. The summed E-state index contributed by atoms with van der Waals surface area (Å²) in [7, 11) is 2.60. The number of phenols is 2. The molecule has 20 nitrogen and oxygen atoms in total. The predicted molar refractivity (Wildman–Crippen MR) is 233 cm³/mol. The van der Waals surface area contributed by atoms with E-state index in [1.807, 2.05) is 0 Å². The van der Waals surface area contributed by atoms with Gasteiger partial charge < -0.3 is 56.7 Å². The summed E-state index contributed by atoms with van der Waals surface area (Å²) in [6.45, 7) is 5.61. The van der Waals surface area contributed by atoms with Crippen LogP contribution in [0, 0.1) is 11.1 Å². The molecule has 6 amide bonds. The number of aromatic hydroxyl groups is 2. The number of benzene rings is 2. The second kappa shape index (κ2) is 24.9. The maximum atomic E-state index is 13.9. The Labute approximate surface area is 372 Å². The van der Waals surface area contributed by atoms with E-state index in [9.17, 15) is 64.4 Å². The molecular formula is C44H65N7O13. The zero-order valence-corrected chi connectivity index (χ0v) is 37.4. The van der Waals surface area contributed by atoms with Crippen molar-refractivity contribution in [3.05, 3.63) is 46.7 Å². The summed E-state index contributed by atoms with van der Waals surface area (Å²) in [4.78, 5) is 94.1. The van der Waals surface area contributed by atoms with E-state index in [4.69, 9.17) is 0 Å². The highest BCUT2D eigenvalue weighted by molar-refractivity contribution is 5.96. The number of likely N-dealkylation sites (N-methyl/N-ethyl adjacent to an activating group) is 2. The van der Waals surface area contributed by atoms with E-state index in [-0.39, 0.29) is 34.6 Å². The number of amides is 6. The van der Waals surface area contributed by atoms with E-state index >= 15 is 0 Å². The molecule has 1 aliphatic heterocycles. The van der Waals surface area contributed by atoms with Crippen molar-refractivity contribution in [2.75, 3.05) is 27.2 Å². The van der Waals surface area contributed by atoms with Crippen LogP contribution in [-0.4, -0.2) is 128 Å². The smallest absolute Gasteiger partial charge is 0.326 e. The first-order valence-corrected chi connectivity index (χ1v) is 21.6. The Morgan fingerprint density at radius 3 is 2.08 bits per heavy atom. The van der Waals surface area contributed by atoms with Crippen LogP contribution >= 0.6 is 0 Å². The number of carbonyl (C=O) groups is 7. The summed E-state index contributed by atoms with van der Waals surface area (Å²) in [5, 5.41) is 71.8. The Morgan fingerprint density at radius 2 is 1.48 bits per heavy atom. The number of carboxylic acid groups (broad SMARTS) is 1. The molecule has 0 aliphatic carbocycles. The number of carboxylic acids is 1. The van der Waals surface area contributed by atoms with E-state index in [1.54, 1.807) is 0 Å². The molecule has 0 radical (unpaired) electrons. The van der Waals surface area contributed by atoms with Gasteiger partial charge in [0.15, 0.2) is 5.75 Å². The molecule has 0 saturated heterocycles. The van der Waals surface area contributed by atoms with Crippen LogP contribution in [0.25, 0.3) is 11.1 Å². The third-order valence-corrected chi connectivity index (χ3v) is 11.3. The Kier molecular flexibility index (Phi) is 20.4. The SMILES string of the molecule is CC(C)CCCCCCCCCCC(=O)N(C)[C@H](CO)C(=O)N[C@H](C)C(=O)NCC(=O)N(C)[C@H]1C(=O)N[C@@H](C)C(=O)N[C@H](C(=O)O)Cc2cc(c(O)c([NH+]([O-])O)c2)-c2cc1ccc2O. The van der Waals surface area contributed by atoms with Crippen LogP contribution in [-0.2, 0) is 40.0 Å². The molecule has 20 heteroatoms. The molecule has 1 unspecified atom stereocenters. The minimum Gasteiger partial charge on any atom is -0.595 e. The van der Waals surface area contributed by atoms with Crippen molar-refractivity contribution in [2.45, 2.75) is 129 Å². The largest absolute Gasteiger partial charge is 0.595 e. The van der Waals surface area contributed by atoms with E-state index in [0.717, 1.165) is 47.6 Å². The summed E-state index contributed by atoms with van der Waals surface area (Å²) in [5.41, 5.74) is -1.01. The molecule has 0 aromatic heterocycles. The van der Waals surface area contributed by atoms with E-state index in [0.29, 0.717) is 12.3 Å². The van der Waals surface area contributed by atoms with Crippen molar-refractivity contribution in [3.63, 3.8) is 0 Å². The van der Waals surface area contributed by atoms with Gasteiger partial charge in [-0.15, -0.1) is 0 Å². The Morgan fingerprint density at radius 1 is 0.859 bits per heavy atom. The minimum atomic E-state index is -1.62. The maximum Gasteiger partial charge on any atom is 0.326 e. The fourth-order valence-corrected chi connectivity index (χ4v) is 7.34. The van der Waals surface area contributed by atoms with Crippen LogP contribution in [0.4, 0.5) is 5.69 Å². The molecule has 0 spiro atoms. The van der Waals surface area contributed by atoms with Gasteiger partial charge in [-0.1, -0.05) is 71.3 Å². The third-order valence-electron chi connectivity index (χ3n) is 11.3. The quantitative estimate of drug-likeness (QED) is 0.0481. The second-order valence-corrected chi connectivity index (χ2v) is 16.8. The van der Waals surface area contributed by atoms with E-state index in [1.165, 1.54) is 71.8 Å². The number of nitrogens with one attached hydrogen (secondary N) is 5. The third kappa shape index (κ3) is 14.9. The maximum absolute atomic E-state index is 13.9. The van der Waals surface area contributed by atoms with Gasteiger partial charge in [0.05, 0.1) is 13.2 Å². The van der Waals surface area contributed by atoms with Gasteiger partial charge in [0.2, 0.25) is 41.1 Å². The molecule has 354 valence electrons. The number of aliphatic hydroxyl groups excluding tert-OH is 1. The highest BCUT2D eigenvalue weighted by Crippen LogP contribution is 2.41. The molecule has 3 rings (SSSR count). The van der Waals surface area contributed by atoms with Crippen LogP contribution < -0.4 is 26.5 Å². The number of unbranched alkanes of at least 4 members (excludes halogenated alkanes) is 7. The van der Waals surface area contributed by atoms with Gasteiger partial charge in [0.1, 0.15) is 36.0 Å². The highest BCUT2D eigenvalue weighted by Gasteiger charge is 2.34. The molecule has 2 aromatic rings. The topological polar surface area (TPSA) is 303 Å². The van der Waals surface area contributed by atoms with Gasteiger partial charge >= 0.3 is 5.97 Å². The first-order valence-electron chi connectivity index (χ1n) is 21.6. The number of quaternary nitrogens is 1. The summed E-state index contributed by atoms with van der Waals surface area (Å²) in [6, 6.07) is -1.24. The van der Waals surface area contributed by atoms with Crippen molar-refractivity contribution in [1.29, 1.82) is 0 Å². The number of phenolic OH excluding ortho intramolecular Hbond substituents is 2. The molecule has 1 heterocycles.